The molecule has 4 aliphatic carbocycles. The number of Topliss-reactive ketones (excluding diaryl/α,β-unsaturated/α-hetero) is 1. The first-order valence-electron chi connectivity index (χ1n) is 14.4. The van der Waals surface area contributed by atoms with Crippen LogP contribution < -0.4 is 0 Å². The third-order valence-corrected chi connectivity index (χ3v) is 11.9. The summed E-state index contributed by atoms with van der Waals surface area (Å²) in [5.74, 6) is 5.10. The van der Waals surface area contributed by atoms with E-state index in [-0.39, 0.29) is 11.2 Å². The summed E-state index contributed by atoms with van der Waals surface area (Å²) in [6, 6.07) is 0. The van der Waals surface area contributed by atoms with Gasteiger partial charge in [-0.25, -0.2) is 0 Å². The monoisotopic (exact) mass is 454 g/mol. The van der Waals surface area contributed by atoms with Crippen molar-refractivity contribution in [1.29, 1.82) is 0 Å². The fourth-order valence-corrected chi connectivity index (χ4v) is 10.1. The van der Waals surface area contributed by atoms with Crippen molar-refractivity contribution in [2.24, 2.45) is 52.3 Å². The first-order valence-corrected chi connectivity index (χ1v) is 14.4. The van der Waals surface area contributed by atoms with Gasteiger partial charge in [-0.05, 0) is 116 Å². The van der Waals surface area contributed by atoms with Crippen LogP contribution in [0.25, 0.3) is 0 Å². The molecule has 4 fully saturated rings. The standard InChI is InChI=1S/C30H51BO2/c1-19(2)8-7-9-20(3)24-10-11-25-23-17-27(33)30(31)18-22(16-21(4)32)12-15-29(30,6)26(23)13-14-28(24,25)5/h19-20,22-27,33H,7-18H2,1-6H3/t20-,22-,23+,24-,25+,26+,27-,28-,29?,30+/m1/s1. The van der Waals surface area contributed by atoms with Crippen LogP contribution in [0.5, 0.6) is 0 Å². The Morgan fingerprint density at radius 2 is 1.76 bits per heavy atom. The van der Waals surface area contributed by atoms with E-state index in [1.165, 1.54) is 44.9 Å². The average molecular weight is 455 g/mol. The summed E-state index contributed by atoms with van der Waals surface area (Å²) in [6.07, 6.45) is 13.6. The van der Waals surface area contributed by atoms with Crippen LogP contribution in [0.4, 0.5) is 0 Å². The SMILES string of the molecule is [B][C@]12C[C@@H](CC(C)=O)CCC1(C)[C@H]1CC[C@]3(C)[C@@H]([C@H](C)CCCC(C)C)CC[C@H]3[C@@H]1C[C@H]2O. The Kier molecular flexibility index (Phi) is 7.26. The van der Waals surface area contributed by atoms with Crippen molar-refractivity contribution in [3.63, 3.8) is 0 Å². The van der Waals surface area contributed by atoms with Gasteiger partial charge in [0.05, 0.1) is 14.0 Å². The summed E-state index contributed by atoms with van der Waals surface area (Å²) in [6.45, 7) is 14.0. The van der Waals surface area contributed by atoms with Crippen LogP contribution in [0.1, 0.15) is 119 Å². The maximum Gasteiger partial charge on any atom is 0.130 e. The van der Waals surface area contributed by atoms with Gasteiger partial charge in [0.25, 0.3) is 0 Å². The second-order valence-corrected chi connectivity index (χ2v) is 14.1. The van der Waals surface area contributed by atoms with Gasteiger partial charge in [-0.15, -0.1) is 0 Å². The zero-order valence-corrected chi connectivity index (χ0v) is 22.5. The molecule has 4 rings (SSSR count). The van der Waals surface area contributed by atoms with Crippen molar-refractivity contribution < 1.29 is 9.90 Å². The maximum atomic E-state index is 11.8. The number of hydrogen-bond donors (Lipinski definition) is 1. The van der Waals surface area contributed by atoms with E-state index < -0.39 is 11.4 Å². The van der Waals surface area contributed by atoms with Crippen molar-refractivity contribution >= 4 is 13.6 Å². The predicted octanol–water partition coefficient (Wildman–Crippen LogP) is 7.38. The molecule has 0 amide bonds. The summed E-state index contributed by atoms with van der Waals surface area (Å²) in [5.41, 5.74) is 0.444. The molecule has 4 saturated carbocycles. The van der Waals surface area contributed by atoms with E-state index in [0.29, 0.717) is 29.6 Å². The largest absolute Gasteiger partial charge is 0.393 e. The van der Waals surface area contributed by atoms with Gasteiger partial charge in [0.15, 0.2) is 0 Å². The lowest BCUT2D eigenvalue weighted by Crippen LogP contribution is -2.61. The fraction of sp³-hybridized carbons (Fsp3) is 0.967. The highest BCUT2D eigenvalue weighted by Crippen LogP contribution is 2.73. The molecule has 0 bridgehead atoms. The minimum absolute atomic E-state index is 0.00488. The first-order chi connectivity index (χ1) is 15.4. The lowest BCUT2D eigenvalue weighted by Gasteiger charge is -2.67. The van der Waals surface area contributed by atoms with Gasteiger partial charge >= 0.3 is 0 Å². The van der Waals surface area contributed by atoms with Crippen LogP contribution in [-0.2, 0) is 4.79 Å². The molecule has 1 N–H and O–H groups in total. The summed E-state index contributed by atoms with van der Waals surface area (Å²) in [4.78, 5) is 11.8. The Morgan fingerprint density at radius 3 is 2.42 bits per heavy atom. The van der Waals surface area contributed by atoms with Crippen LogP contribution >= 0.6 is 0 Å². The van der Waals surface area contributed by atoms with E-state index in [1.54, 1.807) is 6.92 Å². The van der Waals surface area contributed by atoms with Crippen molar-refractivity contribution in [3.8, 4) is 0 Å². The average Bonchev–Trinajstić information content (AvgIpc) is 3.07. The number of aliphatic hydroxyl groups excluding tert-OH is 1. The summed E-state index contributed by atoms with van der Waals surface area (Å²) in [7, 11) is 7.18. The van der Waals surface area contributed by atoms with Crippen LogP contribution in [-0.4, -0.2) is 24.8 Å². The fourth-order valence-electron chi connectivity index (χ4n) is 10.1. The number of fused-ring (bicyclic) bond motifs is 5. The third kappa shape index (κ3) is 4.29. The zero-order chi connectivity index (χ0) is 24.2. The number of carbonyl (C=O) groups excluding carboxylic acids is 1. The zero-order valence-electron chi connectivity index (χ0n) is 22.5. The molecule has 33 heavy (non-hydrogen) atoms. The van der Waals surface area contributed by atoms with Crippen molar-refractivity contribution in [2.75, 3.05) is 0 Å². The predicted molar refractivity (Wildman–Crippen MR) is 138 cm³/mol. The highest BCUT2D eigenvalue weighted by atomic mass is 16.3. The molecule has 0 spiro atoms. The van der Waals surface area contributed by atoms with Crippen LogP contribution in [0.3, 0.4) is 0 Å². The van der Waals surface area contributed by atoms with E-state index in [0.717, 1.165) is 49.4 Å². The Hall–Kier alpha value is -0.305. The van der Waals surface area contributed by atoms with Gasteiger partial charge in [0.1, 0.15) is 5.78 Å². The highest BCUT2D eigenvalue weighted by Gasteiger charge is 2.65. The quantitative estimate of drug-likeness (QED) is 0.407. The smallest absolute Gasteiger partial charge is 0.130 e. The molecule has 4 aliphatic rings. The molecule has 186 valence electrons. The second kappa shape index (κ2) is 9.29. The van der Waals surface area contributed by atoms with Crippen molar-refractivity contribution in [1.82, 2.24) is 0 Å². The molecule has 2 radical (unpaired) electrons. The summed E-state index contributed by atoms with van der Waals surface area (Å²) < 4.78 is 0. The molecular weight excluding hydrogens is 403 g/mol. The molecular formula is C30H51BO2. The summed E-state index contributed by atoms with van der Waals surface area (Å²) >= 11 is 0. The van der Waals surface area contributed by atoms with Gasteiger partial charge < -0.3 is 9.90 Å². The number of aliphatic hydroxyl groups is 1. The molecule has 0 aromatic rings. The normalized spacial score (nSPS) is 48.1. The molecule has 0 heterocycles. The highest BCUT2D eigenvalue weighted by molar-refractivity contribution is 6.16. The van der Waals surface area contributed by atoms with Crippen molar-refractivity contribution in [2.45, 2.75) is 130 Å². The van der Waals surface area contributed by atoms with E-state index in [1.807, 2.05) is 0 Å². The van der Waals surface area contributed by atoms with Crippen LogP contribution in [0, 0.1) is 52.3 Å². The van der Waals surface area contributed by atoms with Gasteiger partial charge in [0.2, 0.25) is 0 Å². The van der Waals surface area contributed by atoms with Gasteiger partial charge in [-0.2, -0.15) is 0 Å². The van der Waals surface area contributed by atoms with Gasteiger partial charge in [0, 0.05) is 6.42 Å². The minimum Gasteiger partial charge on any atom is -0.393 e. The number of ketones is 1. The van der Waals surface area contributed by atoms with Gasteiger partial charge in [-0.3, -0.25) is 0 Å². The molecule has 2 nitrogen and oxygen atoms in total. The molecule has 1 unspecified atom stereocenters. The van der Waals surface area contributed by atoms with Crippen LogP contribution in [0.15, 0.2) is 0 Å². The molecule has 0 aromatic carbocycles. The molecule has 0 saturated heterocycles. The molecule has 10 atom stereocenters. The molecule has 0 aromatic heterocycles. The lowest BCUT2D eigenvalue weighted by molar-refractivity contribution is -0.158. The van der Waals surface area contributed by atoms with E-state index in [9.17, 15) is 9.90 Å². The Morgan fingerprint density at radius 1 is 1.03 bits per heavy atom. The number of rotatable bonds is 7. The molecule has 0 aliphatic heterocycles. The second-order valence-electron chi connectivity index (χ2n) is 14.1. The van der Waals surface area contributed by atoms with E-state index in [2.05, 4.69) is 34.6 Å². The third-order valence-electron chi connectivity index (χ3n) is 11.9. The first kappa shape index (κ1) is 25.8. The number of carbonyl (C=O) groups is 1. The topological polar surface area (TPSA) is 37.3 Å². The Labute approximate surface area is 205 Å². The van der Waals surface area contributed by atoms with Gasteiger partial charge in [-0.1, -0.05) is 53.9 Å². The minimum atomic E-state index is -0.525. The Balaban J connectivity index is 1.51. The maximum absolute atomic E-state index is 11.8. The van der Waals surface area contributed by atoms with E-state index in [4.69, 9.17) is 7.85 Å². The number of hydrogen-bond acceptors (Lipinski definition) is 2. The van der Waals surface area contributed by atoms with Crippen molar-refractivity contribution in [3.05, 3.63) is 0 Å². The molecule has 3 heteroatoms. The summed E-state index contributed by atoms with van der Waals surface area (Å²) in [5, 5.41) is 11.0. The Bertz CT molecular complexity index is 720. The lowest BCUT2D eigenvalue weighted by atomic mass is 9.33. The van der Waals surface area contributed by atoms with E-state index >= 15 is 0 Å². The van der Waals surface area contributed by atoms with Crippen LogP contribution in [0.2, 0.25) is 5.31 Å².